The molecule has 0 N–H and O–H groups in total. The zero-order valence-electron chi connectivity index (χ0n) is 8.22. The molecule has 1 saturated carbocycles. The van der Waals surface area contributed by atoms with E-state index in [-0.39, 0.29) is 16.7 Å². The number of Topliss-reactive ketones (excluding diaryl/α,β-unsaturated/α-hetero) is 1. The zero-order chi connectivity index (χ0) is 9.15. The summed E-state index contributed by atoms with van der Waals surface area (Å²) in [5, 5.41) is 0. The van der Waals surface area contributed by atoms with Gasteiger partial charge < -0.3 is 0 Å². The highest BCUT2D eigenvalue weighted by Gasteiger charge is 2.61. The normalized spacial score (nSPS) is 40.8. The van der Waals surface area contributed by atoms with E-state index >= 15 is 0 Å². The molecular weight excluding hydrogens is 148 g/mol. The number of carbonyl (C=O) groups excluding carboxylic acids is 1. The highest BCUT2D eigenvalue weighted by molar-refractivity contribution is 5.95. The molecule has 2 atom stereocenters. The first-order valence-corrected chi connectivity index (χ1v) is 4.61. The Balaban J connectivity index is 2.37. The van der Waals surface area contributed by atoms with Gasteiger partial charge in [0.05, 0.1) is 0 Å². The molecule has 1 nitrogen and oxygen atoms in total. The minimum absolute atomic E-state index is 0.0856. The van der Waals surface area contributed by atoms with Crippen LogP contribution in [0.25, 0.3) is 0 Å². The molecular formula is C11H16O. The van der Waals surface area contributed by atoms with Crippen LogP contribution < -0.4 is 0 Å². The van der Waals surface area contributed by atoms with Gasteiger partial charge >= 0.3 is 0 Å². The van der Waals surface area contributed by atoms with Gasteiger partial charge in [0.1, 0.15) is 5.78 Å². The number of carbonyl (C=O) groups is 1. The molecule has 0 amide bonds. The summed E-state index contributed by atoms with van der Waals surface area (Å²) >= 11 is 0. The molecule has 0 bridgehead atoms. The minimum Gasteiger partial charge on any atom is -0.298 e. The Morgan fingerprint density at radius 1 is 1.25 bits per heavy atom. The molecule has 0 spiro atoms. The van der Waals surface area contributed by atoms with Crippen molar-refractivity contribution in [3.05, 3.63) is 12.2 Å². The fourth-order valence-electron chi connectivity index (χ4n) is 3.13. The summed E-state index contributed by atoms with van der Waals surface area (Å²) in [5.41, 5.74) is 0.139. The quantitative estimate of drug-likeness (QED) is 0.502. The maximum Gasteiger partial charge on any atom is 0.145 e. The first kappa shape index (κ1) is 8.03. The van der Waals surface area contributed by atoms with Crippen molar-refractivity contribution in [1.82, 2.24) is 0 Å². The molecule has 1 heteroatoms. The first-order valence-electron chi connectivity index (χ1n) is 4.61. The lowest BCUT2D eigenvalue weighted by atomic mass is 9.50. The highest BCUT2D eigenvalue weighted by atomic mass is 16.1. The van der Waals surface area contributed by atoms with Gasteiger partial charge in [-0.25, -0.2) is 0 Å². The topological polar surface area (TPSA) is 17.1 Å². The van der Waals surface area contributed by atoms with Crippen LogP contribution in [0.4, 0.5) is 0 Å². The molecule has 0 saturated heterocycles. The monoisotopic (exact) mass is 164 g/mol. The number of hydrogen-bond acceptors (Lipinski definition) is 1. The van der Waals surface area contributed by atoms with Crippen LogP contribution in [-0.2, 0) is 4.79 Å². The predicted molar refractivity (Wildman–Crippen MR) is 48.7 cm³/mol. The molecule has 0 aromatic heterocycles. The van der Waals surface area contributed by atoms with Crippen LogP contribution in [0.1, 0.15) is 27.7 Å². The van der Waals surface area contributed by atoms with Crippen LogP contribution in [0.15, 0.2) is 12.2 Å². The Hall–Kier alpha value is -0.590. The van der Waals surface area contributed by atoms with Crippen LogP contribution in [0.5, 0.6) is 0 Å². The summed E-state index contributed by atoms with van der Waals surface area (Å²) in [6.07, 6.45) is 4.30. The van der Waals surface area contributed by atoms with Gasteiger partial charge in [0.2, 0.25) is 0 Å². The molecule has 0 aromatic carbocycles. The van der Waals surface area contributed by atoms with Crippen molar-refractivity contribution in [3.63, 3.8) is 0 Å². The smallest absolute Gasteiger partial charge is 0.145 e. The second-order valence-electron chi connectivity index (χ2n) is 5.27. The summed E-state index contributed by atoms with van der Waals surface area (Å²) in [6, 6.07) is 0. The second kappa shape index (κ2) is 1.84. The molecule has 2 unspecified atom stereocenters. The Morgan fingerprint density at radius 2 is 1.83 bits per heavy atom. The summed E-state index contributed by atoms with van der Waals surface area (Å²) in [4.78, 5) is 11.6. The number of allylic oxidation sites excluding steroid dienone is 2. The van der Waals surface area contributed by atoms with Crippen molar-refractivity contribution in [3.8, 4) is 0 Å². The van der Waals surface area contributed by atoms with E-state index in [0.29, 0.717) is 11.7 Å². The molecule has 0 radical (unpaired) electrons. The third-order valence-corrected chi connectivity index (χ3v) is 3.61. The van der Waals surface area contributed by atoms with Crippen molar-refractivity contribution < 1.29 is 4.79 Å². The summed E-state index contributed by atoms with van der Waals surface area (Å²) in [5.74, 6) is 1.20. The Bertz CT molecular complexity index is 271. The first-order chi connectivity index (χ1) is 5.37. The van der Waals surface area contributed by atoms with Crippen LogP contribution >= 0.6 is 0 Å². The minimum atomic E-state index is -0.0856. The van der Waals surface area contributed by atoms with Gasteiger partial charge in [-0.2, -0.15) is 0 Å². The molecule has 2 rings (SSSR count). The lowest BCUT2D eigenvalue weighted by Crippen LogP contribution is -2.56. The Morgan fingerprint density at radius 3 is 2.33 bits per heavy atom. The van der Waals surface area contributed by atoms with Gasteiger partial charge in [0.15, 0.2) is 0 Å². The van der Waals surface area contributed by atoms with E-state index in [4.69, 9.17) is 0 Å². The van der Waals surface area contributed by atoms with E-state index in [0.717, 1.165) is 0 Å². The second-order valence-corrected chi connectivity index (χ2v) is 5.27. The highest BCUT2D eigenvalue weighted by Crippen LogP contribution is 2.60. The molecule has 0 heterocycles. The molecule has 2 aliphatic carbocycles. The summed E-state index contributed by atoms with van der Waals surface area (Å²) in [7, 11) is 0. The average Bonchev–Trinajstić information content (AvgIpc) is 2.23. The van der Waals surface area contributed by atoms with Gasteiger partial charge in [0.25, 0.3) is 0 Å². The largest absolute Gasteiger partial charge is 0.298 e. The van der Waals surface area contributed by atoms with E-state index in [1.165, 1.54) is 0 Å². The molecule has 2 aliphatic rings. The maximum absolute atomic E-state index is 11.6. The standard InChI is InChI=1S/C11H16O/c1-10(2)6-5-7-8(10)11(3,4)9(7)12/h5-8H,1-4H3. The van der Waals surface area contributed by atoms with E-state index in [9.17, 15) is 4.79 Å². The van der Waals surface area contributed by atoms with Crippen LogP contribution in [0.2, 0.25) is 0 Å². The van der Waals surface area contributed by atoms with Gasteiger partial charge in [-0.05, 0) is 11.3 Å². The fourth-order valence-corrected chi connectivity index (χ4v) is 3.13. The Kier molecular flexibility index (Phi) is 1.23. The zero-order valence-corrected chi connectivity index (χ0v) is 8.22. The SMILES string of the molecule is CC1(C)C=CC2C(=O)C(C)(C)C21. The molecule has 12 heavy (non-hydrogen) atoms. The number of hydrogen-bond donors (Lipinski definition) is 0. The molecule has 1 fully saturated rings. The van der Waals surface area contributed by atoms with Gasteiger partial charge in [0, 0.05) is 11.3 Å². The maximum atomic E-state index is 11.6. The lowest BCUT2D eigenvalue weighted by molar-refractivity contribution is -0.154. The van der Waals surface area contributed by atoms with E-state index in [1.807, 2.05) is 0 Å². The molecule has 66 valence electrons. The fraction of sp³-hybridized carbons (Fsp3) is 0.727. The van der Waals surface area contributed by atoms with Crippen molar-refractivity contribution >= 4 is 5.78 Å². The van der Waals surface area contributed by atoms with Gasteiger partial charge in [-0.15, -0.1) is 0 Å². The number of rotatable bonds is 0. The molecule has 0 aliphatic heterocycles. The van der Waals surface area contributed by atoms with E-state index in [1.54, 1.807) is 0 Å². The van der Waals surface area contributed by atoms with Crippen molar-refractivity contribution in [2.75, 3.05) is 0 Å². The van der Waals surface area contributed by atoms with Crippen LogP contribution in [0, 0.1) is 22.7 Å². The predicted octanol–water partition coefficient (Wildman–Crippen LogP) is 2.42. The molecule has 0 aromatic rings. The van der Waals surface area contributed by atoms with E-state index in [2.05, 4.69) is 39.8 Å². The summed E-state index contributed by atoms with van der Waals surface area (Å²) in [6.45, 7) is 8.60. The van der Waals surface area contributed by atoms with E-state index < -0.39 is 0 Å². The average molecular weight is 164 g/mol. The van der Waals surface area contributed by atoms with Crippen molar-refractivity contribution in [1.29, 1.82) is 0 Å². The van der Waals surface area contributed by atoms with Crippen molar-refractivity contribution in [2.24, 2.45) is 22.7 Å². The summed E-state index contributed by atoms with van der Waals surface area (Å²) < 4.78 is 0. The van der Waals surface area contributed by atoms with Gasteiger partial charge in [-0.1, -0.05) is 39.8 Å². The van der Waals surface area contributed by atoms with Crippen molar-refractivity contribution in [2.45, 2.75) is 27.7 Å². The lowest BCUT2D eigenvalue weighted by Gasteiger charge is -2.51. The Labute approximate surface area is 73.8 Å². The third kappa shape index (κ3) is 0.675. The number of ketones is 1. The van der Waals surface area contributed by atoms with Crippen LogP contribution in [-0.4, -0.2) is 5.78 Å². The third-order valence-electron chi connectivity index (χ3n) is 3.61. The van der Waals surface area contributed by atoms with Gasteiger partial charge in [-0.3, -0.25) is 4.79 Å². The number of fused-ring (bicyclic) bond motifs is 1. The van der Waals surface area contributed by atoms with Crippen LogP contribution in [0.3, 0.4) is 0 Å².